The number of ether oxygens (including phenoxy) is 2. The van der Waals surface area contributed by atoms with Crippen LogP contribution in [0.3, 0.4) is 0 Å². The lowest BCUT2D eigenvalue weighted by Gasteiger charge is -2.15. The Morgan fingerprint density at radius 2 is 1.90 bits per heavy atom. The molecular weight excluding hydrogens is 269 g/mol. The molecule has 0 bridgehead atoms. The molecule has 0 aliphatic carbocycles. The molecule has 21 heavy (non-hydrogen) atoms. The van der Waals surface area contributed by atoms with Crippen molar-refractivity contribution in [2.45, 2.75) is 26.8 Å². The number of hydrogen-bond acceptors (Lipinski definition) is 3. The second kappa shape index (κ2) is 6.59. The van der Waals surface area contributed by atoms with Crippen LogP contribution < -0.4 is 15.2 Å². The molecule has 3 nitrogen and oxygen atoms in total. The predicted molar refractivity (Wildman–Crippen MR) is 81.4 cm³/mol. The predicted octanol–water partition coefficient (Wildman–Crippen LogP) is 4.34. The van der Waals surface area contributed by atoms with Gasteiger partial charge in [-0.3, -0.25) is 0 Å². The van der Waals surface area contributed by atoms with Crippen LogP contribution >= 0.6 is 0 Å². The van der Waals surface area contributed by atoms with E-state index in [2.05, 4.69) is 0 Å². The molecule has 0 aliphatic heterocycles. The highest BCUT2D eigenvalue weighted by atomic mass is 19.1. The SMILES string of the molecule is CCOc1cccc(Oc2cc(C)c(F)cc2[C@H](C)N)c1. The first-order chi connectivity index (χ1) is 10.0. The molecule has 4 heteroatoms. The molecule has 0 heterocycles. The van der Waals surface area contributed by atoms with E-state index in [4.69, 9.17) is 15.2 Å². The zero-order valence-corrected chi connectivity index (χ0v) is 12.5. The zero-order chi connectivity index (χ0) is 15.4. The Kier molecular flexibility index (Phi) is 4.81. The summed E-state index contributed by atoms with van der Waals surface area (Å²) in [5.74, 6) is 1.65. The van der Waals surface area contributed by atoms with Gasteiger partial charge in [0.05, 0.1) is 6.61 Å². The van der Waals surface area contributed by atoms with Crippen molar-refractivity contribution in [1.82, 2.24) is 0 Å². The summed E-state index contributed by atoms with van der Waals surface area (Å²) in [7, 11) is 0. The Morgan fingerprint density at radius 1 is 1.19 bits per heavy atom. The van der Waals surface area contributed by atoms with Gasteiger partial charge in [-0.2, -0.15) is 0 Å². The van der Waals surface area contributed by atoms with Crippen molar-refractivity contribution in [1.29, 1.82) is 0 Å². The third-order valence-electron chi connectivity index (χ3n) is 3.13. The first-order valence-electron chi connectivity index (χ1n) is 6.97. The largest absolute Gasteiger partial charge is 0.494 e. The lowest BCUT2D eigenvalue weighted by atomic mass is 10.1. The van der Waals surface area contributed by atoms with Gasteiger partial charge in [-0.25, -0.2) is 4.39 Å². The molecule has 2 aromatic rings. The van der Waals surface area contributed by atoms with Crippen LogP contribution in [0.5, 0.6) is 17.2 Å². The molecule has 0 saturated carbocycles. The van der Waals surface area contributed by atoms with Crippen LogP contribution in [0.4, 0.5) is 4.39 Å². The fourth-order valence-electron chi connectivity index (χ4n) is 2.04. The van der Waals surface area contributed by atoms with E-state index >= 15 is 0 Å². The molecule has 0 amide bonds. The van der Waals surface area contributed by atoms with Crippen molar-refractivity contribution >= 4 is 0 Å². The number of rotatable bonds is 5. The Hall–Kier alpha value is -2.07. The number of aryl methyl sites for hydroxylation is 1. The normalized spacial score (nSPS) is 12.0. The van der Waals surface area contributed by atoms with Gasteiger partial charge in [0.2, 0.25) is 0 Å². The average Bonchev–Trinajstić information content (AvgIpc) is 2.43. The molecular formula is C17H20FNO2. The van der Waals surface area contributed by atoms with Crippen molar-refractivity contribution in [2.24, 2.45) is 5.73 Å². The Bertz CT molecular complexity index is 626. The van der Waals surface area contributed by atoms with Crippen LogP contribution in [0.2, 0.25) is 0 Å². The van der Waals surface area contributed by atoms with Crippen LogP contribution in [0.15, 0.2) is 36.4 Å². The van der Waals surface area contributed by atoms with Gasteiger partial charge in [0.1, 0.15) is 23.1 Å². The average molecular weight is 289 g/mol. The van der Waals surface area contributed by atoms with Crippen molar-refractivity contribution in [3.8, 4) is 17.2 Å². The van der Waals surface area contributed by atoms with Crippen molar-refractivity contribution < 1.29 is 13.9 Å². The second-order valence-electron chi connectivity index (χ2n) is 4.94. The summed E-state index contributed by atoms with van der Waals surface area (Å²) in [5.41, 5.74) is 7.06. The Labute approximate surface area is 124 Å². The molecule has 0 aliphatic rings. The van der Waals surface area contributed by atoms with Gasteiger partial charge in [-0.05, 0) is 50.6 Å². The maximum Gasteiger partial charge on any atom is 0.132 e. The van der Waals surface area contributed by atoms with Gasteiger partial charge in [-0.1, -0.05) is 6.07 Å². The maximum atomic E-state index is 13.7. The number of nitrogens with two attached hydrogens (primary N) is 1. The molecule has 0 spiro atoms. The van der Waals surface area contributed by atoms with E-state index < -0.39 is 0 Å². The van der Waals surface area contributed by atoms with E-state index in [1.807, 2.05) is 25.1 Å². The first kappa shape index (κ1) is 15.3. The standard InChI is InChI=1S/C17H20FNO2/c1-4-20-13-6-5-7-14(9-13)21-17-8-11(2)16(18)10-15(17)12(3)19/h5-10,12H,4,19H2,1-3H3/t12-/m0/s1. The summed E-state index contributed by atoms with van der Waals surface area (Å²) >= 11 is 0. The molecule has 0 saturated heterocycles. The fourth-order valence-corrected chi connectivity index (χ4v) is 2.04. The quantitative estimate of drug-likeness (QED) is 0.890. The van der Waals surface area contributed by atoms with Crippen LogP contribution in [-0.2, 0) is 0 Å². The highest BCUT2D eigenvalue weighted by molar-refractivity contribution is 5.44. The summed E-state index contributed by atoms with van der Waals surface area (Å²) in [5, 5.41) is 0. The van der Waals surface area contributed by atoms with Crippen molar-refractivity contribution in [2.75, 3.05) is 6.61 Å². The van der Waals surface area contributed by atoms with Gasteiger partial charge < -0.3 is 15.2 Å². The second-order valence-corrected chi connectivity index (χ2v) is 4.94. The summed E-state index contributed by atoms with van der Waals surface area (Å²) in [6.07, 6.45) is 0. The lowest BCUT2D eigenvalue weighted by Crippen LogP contribution is -2.08. The van der Waals surface area contributed by atoms with Crippen molar-refractivity contribution in [3.05, 3.63) is 53.3 Å². The molecule has 2 rings (SSSR count). The maximum absolute atomic E-state index is 13.7. The van der Waals surface area contributed by atoms with Gasteiger partial charge >= 0.3 is 0 Å². The van der Waals surface area contributed by atoms with Crippen LogP contribution in [-0.4, -0.2) is 6.61 Å². The topological polar surface area (TPSA) is 44.5 Å². The Balaban J connectivity index is 2.34. The van der Waals surface area contributed by atoms with Crippen LogP contribution in [0.1, 0.15) is 31.0 Å². The minimum Gasteiger partial charge on any atom is -0.494 e. The molecule has 0 radical (unpaired) electrons. The Morgan fingerprint density at radius 3 is 2.57 bits per heavy atom. The van der Waals surface area contributed by atoms with Crippen molar-refractivity contribution in [3.63, 3.8) is 0 Å². The molecule has 0 aromatic heterocycles. The zero-order valence-electron chi connectivity index (χ0n) is 12.5. The van der Waals surface area contributed by atoms with Gasteiger partial charge in [0, 0.05) is 17.7 Å². The third-order valence-corrected chi connectivity index (χ3v) is 3.13. The monoisotopic (exact) mass is 289 g/mol. The summed E-state index contributed by atoms with van der Waals surface area (Å²) < 4.78 is 25.0. The first-order valence-corrected chi connectivity index (χ1v) is 6.97. The van der Waals surface area contributed by atoms with Gasteiger partial charge in [0.25, 0.3) is 0 Å². The molecule has 0 fully saturated rings. The van der Waals surface area contributed by atoms with Gasteiger partial charge in [-0.15, -0.1) is 0 Å². The minimum atomic E-state index is -0.315. The van der Waals surface area contributed by atoms with Crippen LogP contribution in [0.25, 0.3) is 0 Å². The molecule has 2 aromatic carbocycles. The summed E-state index contributed by atoms with van der Waals surface area (Å²) in [6, 6.07) is 10.1. The summed E-state index contributed by atoms with van der Waals surface area (Å²) in [4.78, 5) is 0. The fraction of sp³-hybridized carbons (Fsp3) is 0.294. The summed E-state index contributed by atoms with van der Waals surface area (Å²) in [6.45, 7) is 6.01. The van der Waals surface area contributed by atoms with Crippen LogP contribution in [0, 0.1) is 12.7 Å². The van der Waals surface area contributed by atoms with E-state index in [0.29, 0.717) is 29.2 Å². The minimum absolute atomic E-state index is 0.280. The third kappa shape index (κ3) is 3.73. The lowest BCUT2D eigenvalue weighted by molar-refractivity contribution is 0.338. The van der Waals surface area contributed by atoms with Gasteiger partial charge in [0.15, 0.2) is 0 Å². The number of benzene rings is 2. The molecule has 112 valence electrons. The molecule has 2 N–H and O–H groups in total. The highest BCUT2D eigenvalue weighted by Gasteiger charge is 2.13. The smallest absolute Gasteiger partial charge is 0.132 e. The van der Waals surface area contributed by atoms with E-state index in [1.165, 1.54) is 6.07 Å². The molecule has 1 atom stereocenters. The van der Waals surface area contributed by atoms with E-state index in [9.17, 15) is 4.39 Å². The van der Waals surface area contributed by atoms with E-state index in [1.54, 1.807) is 26.0 Å². The number of halogens is 1. The van der Waals surface area contributed by atoms with E-state index in [0.717, 1.165) is 5.75 Å². The molecule has 0 unspecified atom stereocenters. The highest BCUT2D eigenvalue weighted by Crippen LogP contribution is 2.32. The number of hydrogen-bond donors (Lipinski definition) is 1. The van der Waals surface area contributed by atoms with E-state index in [-0.39, 0.29) is 11.9 Å².